The summed E-state index contributed by atoms with van der Waals surface area (Å²) in [5.41, 5.74) is 8.06. The Morgan fingerprint density at radius 3 is 2.75 bits per heavy atom. The largest absolute Gasteiger partial charge is 0.389 e. The van der Waals surface area contributed by atoms with Crippen molar-refractivity contribution in [2.75, 3.05) is 5.73 Å². The van der Waals surface area contributed by atoms with Crippen LogP contribution in [0.2, 0.25) is 0 Å². The first-order valence-electron chi connectivity index (χ1n) is 5.32. The van der Waals surface area contributed by atoms with E-state index in [1.54, 1.807) is 13.8 Å². The lowest BCUT2D eigenvalue weighted by molar-refractivity contribution is 0.0632. The fourth-order valence-corrected chi connectivity index (χ4v) is 1.93. The maximum absolute atomic E-state index is 9.86. The van der Waals surface area contributed by atoms with Crippen LogP contribution in [0.4, 0.5) is 5.95 Å². The molecule has 0 atom stereocenters. The van der Waals surface area contributed by atoms with Crippen molar-refractivity contribution in [3.05, 3.63) is 23.8 Å². The highest BCUT2D eigenvalue weighted by molar-refractivity contribution is 5.81. The average Bonchev–Trinajstić information content (AvgIpc) is 2.42. The lowest BCUT2D eigenvalue weighted by atomic mass is 10.1. The summed E-state index contributed by atoms with van der Waals surface area (Å²) in [6.07, 6.45) is 0. The van der Waals surface area contributed by atoms with E-state index in [-0.39, 0.29) is 0 Å². The first kappa shape index (κ1) is 11.0. The van der Waals surface area contributed by atoms with E-state index in [4.69, 9.17) is 5.73 Å². The highest BCUT2D eigenvalue weighted by Crippen LogP contribution is 2.23. The molecule has 4 heteroatoms. The Balaban J connectivity index is 2.64. The average molecular weight is 219 g/mol. The highest BCUT2D eigenvalue weighted by atomic mass is 16.3. The molecule has 1 aromatic heterocycles. The second kappa shape index (κ2) is 3.49. The molecule has 0 saturated carbocycles. The summed E-state index contributed by atoms with van der Waals surface area (Å²) in [7, 11) is 0. The molecule has 0 saturated heterocycles. The first-order chi connectivity index (χ1) is 7.38. The van der Waals surface area contributed by atoms with E-state index in [2.05, 4.69) is 4.98 Å². The number of benzene rings is 1. The van der Waals surface area contributed by atoms with Gasteiger partial charge in [0.2, 0.25) is 5.95 Å². The summed E-state index contributed by atoms with van der Waals surface area (Å²) < 4.78 is 1.87. The zero-order valence-electron chi connectivity index (χ0n) is 9.86. The fraction of sp³-hybridized carbons (Fsp3) is 0.417. The quantitative estimate of drug-likeness (QED) is 0.808. The number of anilines is 1. The molecule has 4 nitrogen and oxygen atoms in total. The minimum absolute atomic E-state index is 0.445. The molecule has 1 heterocycles. The van der Waals surface area contributed by atoms with E-state index in [9.17, 15) is 5.11 Å². The van der Waals surface area contributed by atoms with Gasteiger partial charge in [0.1, 0.15) is 0 Å². The molecule has 0 amide bonds. The fourth-order valence-electron chi connectivity index (χ4n) is 1.93. The Labute approximate surface area is 94.7 Å². The smallest absolute Gasteiger partial charge is 0.201 e. The maximum Gasteiger partial charge on any atom is 0.201 e. The summed E-state index contributed by atoms with van der Waals surface area (Å²) in [6.45, 7) is 5.98. The maximum atomic E-state index is 9.86. The molecule has 3 N–H and O–H groups in total. The third-order valence-electron chi connectivity index (χ3n) is 2.54. The molecule has 2 rings (SSSR count). The number of hydrogen-bond donors (Lipinski definition) is 2. The van der Waals surface area contributed by atoms with Gasteiger partial charge in [-0.25, -0.2) is 4.98 Å². The van der Waals surface area contributed by atoms with Gasteiger partial charge in [-0.3, -0.25) is 0 Å². The van der Waals surface area contributed by atoms with Crippen molar-refractivity contribution in [1.82, 2.24) is 9.55 Å². The number of nitrogens with zero attached hydrogens (tertiary/aromatic N) is 2. The predicted octanol–water partition coefficient (Wildman–Crippen LogP) is 1.70. The summed E-state index contributed by atoms with van der Waals surface area (Å²) in [5, 5.41) is 9.86. The number of hydrogen-bond acceptors (Lipinski definition) is 3. The summed E-state index contributed by atoms with van der Waals surface area (Å²) in [4.78, 5) is 4.29. The minimum Gasteiger partial charge on any atom is -0.389 e. The molecule has 0 spiro atoms. The van der Waals surface area contributed by atoms with Crippen LogP contribution >= 0.6 is 0 Å². The normalized spacial score (nSPS) is 12.2. The molecule has 0 radical (unpaired) electrons. The third kappa shape index (κ3) is 1.88. The standard InChI is InChI=1S/C12H17N3O/c1-8-5-4-6-9-10(8)15(11(13)14-9)7-12(2,3)16/h4-6,16H,7H2,1-3H3,(H2,13,14). The molecular weight excluding hydrogens is 202 g/mol. The number of nitrogen functional groups attached to an aromatic ring is 1. The third-order valence-corrected chi connectivity index (χ3v) is 2.54. The molecule has 16 heavy (non-hydrogen) atoms. The van der Waals surface area contributed by atoms with Crippen LogP contribution in [0.1, 0.15) is 19.4 Å². The van der Waals surface area contributed by atoms with Crippen LogP contribution in [0.3, 0.4) is 0 Å². The first-order valence-corrected chi connectivity index (χ1v) is 5.32. The minimum atomic E-state index is -0.802. The Bertz CT molecular complexity index is 523. The van der Waals surface area contributed by atoms with Gasteiger partial charge in [-0.15, -0.1) is 0 Å². The van der Waals surface area contributed by atoms with Crippen LogP contribution in [0.5, 0.6) is 0 Å². The van der Waals surface area contributed by atoms with Crippen molar-refractivity contribution in [2.24, 2.45) is 0 Å². The van der Waals surface area contributed by atoms with Crippen LogP contribution in [0, 0.1) is 6.92 Å². The molecule has 86 valence electrons. The van der Waals surface area contributed by atoms with Gasteiger partial charge >= 0.3 is 0 Å². The van der Waals surface area contributed by atoms with Crippen LogP contribution in [-0.2, 0) is 6.54 Å². The van der Waals surface area contributed by atoms with E-state index in [1.807, 2.05) is 29.7 Å². The molecule has 0 unspecified atom stereocenters. The lowest BCUT2D eigenvalue weighted by Crippen LogP contribution is -2.26. The zero-order valence-corrected chi connectivity index (χ0v) is 9.86. The van der Waals surface area contributed by atoms with Crippen LogP contribution < -0.4 is 5.73 Å². The zero-order chi connectivity index (χ0) is 11.9. The summed E-state index contributed by atoms with van der Waals surface area (Å²) in [5.74, 6) is 0.450. The van der Waals surface area contributed by atoms with Gasteiger partial charge in [-0.05, 0) is 32.4 Å². The molecule has 0 aliphatic carbocycles. The number of rotatable bonds is 2. The number of fused-ring (bicyclic) bond motifs is 1. The van der Waals surface area contributed by atoms with Gasteiger partial charge in [-0.2, -0.15) is 0 Å². The van der Waals surface area contributed by atoms with E-state index >= 15 is 0 Å². The van der Waals surface area contributed by atoms with Gasteiger partial charge in [-0.1, -0.05) is 12.1 Å². The summed E-state index contributed by atoms with van der Waals surface area (Å²) >= 11 is 0. The van der Waals surface area contributed by atoms with E-state index in [1.165, 1.54) is 0 Å². The van der Waals surface area contributed by atoms with Crippen LogP contribution in [-0.4, -0.2) is 20.3 Å². The van der Waals surface area contributed by atoms with Crippen molar-refractivity contribution in [2.45, 2.75) is 32.9 Å². The Morgan fingerprint density at radius 1 is 1.44 bits per heavy atom. The highest BCUT2D eigenvalue weighted by Gasteiger charge is 2.18. The van der Waals surface area contributed by atoms with E-state index < -0.39 is 5.60 Å². The van der Waals surface area contributed by atoms with Gasteiger partial charge in [0.15, 0.2) is 0 Å². The molecule has 0 aliphatic rings. The van der Waals surface area contributed by atoms with Crippen molar-refractivity contribution in [1.29, 1.82) is 0 Å². The molecule has 2 aromatic rings. The van der Waals surface area contributed by atoms with Gasteiger partial charge in [0.05, 0.1) is 23.2 Å². The lowest BCUT2D eigenvalue weighted by Gasteiger charge is -2.19. The molecule has 1 aromatic carbocycles. The van der Waals surface area contributed by atoms with Gasteiger partial charge < -0.3 is 15.4 Å². The number of imidazole rings is 1. The molecule has 0 aliphatic heterocycles. The van der Waals surface area contributed by atoms with E-state index in [0.29, 0.717) is 12.5 Å². The number of nitrogens with two attached hydrogens (primary N) is 1. The van der Waals surface area contributed by atoms with Crippen molar-refractivity contribution >= 4 is 17.0 Å². The second-order valence-electron chi connectivity index (χ2n) is 4.81. The number of aryl methyl sites for hydroxylation is 1. The Kier molecular flexibility index (Phi) is 2.39. The molecule has 0 fully saturated rings. The van der Waals surface area contributed by atoms with Crippen molar-refractivity contribution < 1.29 is 5.11 Å². The SMILES string of the molecule is Cc1cccc2nc(N)n(CC(C)(C)O)c12. The number of para-hydroxylation sites is 1. The molecular formula is C12H17N3O. The van der Waals surface area contributed by atoms with Crippen molar-refractivity contribution in [3.8, 4) is 0 Å². The predicted molar refractivity (Wildman–Crippen MR) is 65.2 cm³/mol. The van der Waals surface area contributed by atoms with Crippen LogP contribution in [0.25, 0.3) is 11.0 Å². The number of aromatic nitrogens is 2. The van der Waals surface area contributed by atoms with Crippen LogP contribution in [0.15, 0.2) is 18.2 Å². The Morgan fingerprint density at radius 2 is 2.12 bits per heavy atom. The van der Waals surface area contributed by atoms with Crippen molar-refractivity contribution in [3.63, 3.8) is 0 Å². The number of aliphatic hydroxyl groups is 1. The van der Waals surface area contributed by atoms with Gasteiger partial charge in [0, 0.05) is 0 Å². The molecule has 0 bridgehead atoms. The Hall–Kier alpha value is -1.55. The summed E-state index contributed by atoms with van der Waals surface area (Å²) in [6, 6.07) is 5.91. The topological polar surface area (TPSA) is 64.1 Å². The monoisotopic (exact) mass is 219 g/mol. The van der Waals surface area contributed by atoms with Gasteiger partial charge in [0.25, 0.3) is 0 Å². The second-order valence-corrected chi connectivity index (χ2v) is 4.81. The van der Waals surface area contributed by atoms with E-state index in [0.717, 1.165) is 16.6 Å².